The molecule has 0 bridgehead atoms. The first-order valence-corrected chi connectivity index (χ1v) is 7.21. The van der Waals surface area contributed by atoms with Crippen LogP contribution in [0.4, 0.5) is 0 Å². The maximum Gasteiger partial charge on any atom is 0.122 e. The molecule has 0 saturated heterocycles. The van der Waals surface area contributed by atoms with E-state index >= 15 is 0 Å². The number of aryl methyl sites for hydroxylation is 2. The molecule has 0 heterocycles. The summed E-state index contributed by atoms with van der Waals surface area (Å²) in [6, 6.07) is 11.5. The van der Waals surface area contributed by atoms with E-state index in [2.05, 4.69) is 32.0 Å². The van der Waals surface area contributed by atoms with Crippen LogP contribution in [0.1, 0.15) is 22.3 Å². The summed E-state index contributed by atoms with van der Waals surface area (Å²) >= 11 is 0. The number of hydrogen-bond donors (Lipinski definition) is 1. The fourth-order valence-corrected chi connectivity index (χ4v) is 2.21. The Bertz CT molecular complexity index is 665. The van der Waals surface area contributed by atoms with Crippen LogP contribution in [0.3, 0.4) is 0 Å². The Morgan fingerprint density at radius 3 is 2.59 bits per heavy atom. The Hall–Kier alpha value is -2.49. The minimum atomic E-state index is 0.451. The average Bonchev–Trinajstić information content (AvgIpc) is 2.49. The molecule has 0 aliphatic carbocycles. The van der Waals surface area contributed by atoms with Crippen molar-refractivity contribution < 1.29 is 14.7 Å². The molecule has 22 heavy (non-hydrogen) atoms. The normalized spacial score (nSPS) is 10.9. The van der Waals surface area contributed by atoms with Crippen LogP contribution in [0, 0.1) is 20.8 Å². The molecule has 0 amide bonds. The maximum atomic E-state index is 8.53. The molecular weight excluding hydrogens is 278 g/mol. The number of nitrogens with zero attached hydrogens (tertiary/aromatic N) is 1. The zero-order valence-corrected chi connectivity index (χ0v) is 13.2. The molecule has 0 aliphatic rings. The van der Waals surface area contributed by atoms with Gasteiger partial charge in [-0.25, -0.2) is 0 Å². The van der Waals surface area contributed by atoms with E-state index in [-0.39, 0.29) is 0 Å². The summed E-state index contributed by atoms with van der Waals surface area (Å²) in [5.41, 5.74) is 4.36. The van der Waals surface area contributed by atoms with Gasteiger partial charge in [-0.2, -0.15) is 0 Å². The van der Waals surface area contributed by atoms with E-state index in [4.69, 9.17) is 14.7 Å². The predicted molar refractivity (Wildman–Crippen MR) is 87.5 cm³/mol. The average molecular weight is 299 g/mol. The zero-order valence-electron chi connectivity index (χ0n) is 13.2. The summed E-state index contributed by atoms with van der Waals surface area (Å²) in [5.74, 6) is 1.63. The Morgan fingerprint density at radius 2 is 1.82 bits per heavy atom. The smallest absolute Gasteiger partial charge is 0.122 e. The van der Waals surface area contributed by atoms with Gasteiger partial charge < -0.3 is 14.7 Å². The third-order valence-electron chi connectivity index (χ3n) is 3.44. The van der Waals surface area contributed by atoms with Crippen molar-refractivity contribution in [3.63, 3.8) is 0 Å². The largest absolute Gasteiger partial charge is 0.490 e. The summed E-state index contributed by atoms with van der Waals surface area (Å²) in [5, 5.41) is 11.5. The van der Waals surface area contributed by atoms with Crippen molar-refractivity contribution in [3.05, 3.63) is 58.7 Å². The second-order valence-electron chi connectivity index (χ2n) is 5.22. The molecule has 2 aromatic carbocycles. The Labute approximate surface area is 131 Å². The number of rotatable bonds is 6. The molecule has 0 saturated carbocycles. The monoisotopic (exact) mass is 299 g/mol. The molecule has 1 N–H and O–H groups in total. The van der Waals surface area contributed by atoms with E-state index in [1.54, 1.807) is 0 Å². The number of oxime groups is 1. The van der Waals surface area contributed by atoms with Gasteiger partial charge in [0.1, 0.15) is 24.7 Å². The quantitative estimate of drug-likeness (QED) is 0.381. The van der Waals surface area contributed by atoms with E-state index in [0.717, 1.165) is 22.6 Å². The first-order valence-electron chi connectivity index (χ1n) is 7.21. The summed E-state index contributed by atoms with van der Waals surface area (Å²) in [6.07, 6.45) is 1.36. The molecule has 0 radical (unpaired) electrons. The fraction of sp³-hybridized carbons (Fsp3) is 0.278. The van der Waals surface area contributed by atoms with Crippen molar-refractivity contribution in [1.29, 1.82) is 0 Å². The summed E-state index contributed by atoms with van der Waals surface area (Å²) in [4.78, 5) is 0. The van der Waals surface area contributed by atoms with Crippen LogP contribution in [0.2, 0.25) is 0 Å². The van der Waals surface area contributed by atoms with Crippen LogP contribution < -0.4 is 9.47 Å². The van der Waals surface area contributed by atoms with Crippen molar-refractivity contribution >= 4 is 6.21 Å². The van der Waals surface area contributed by atoms with Gasteiger partial charge >= 0.3 is 0 Å². The first kappa shape index (κ1) is 15.9. The second-order valence-corrected chi connectivity index (χ2v) is 5.22. The molecule has 0 fully saturated rings. The number of hydrogen-bond acceptors (Lipinski definition) is 4. The summed E-state index contributed by atoms with van der Waals surface area (Å²) < 4.78 is 11.5. The minimum absolute atomic E-state index is 0.451. The third-order valence-corrected chi connectivity index (χ3v) is 3.44. The van der Waals surface area contributed by atoms with Crippen molar-refractivity contribution in [3.8, 4) is 11.5 Å². The van der Waals surface area contributed by atoms with Crippen LogP contribution in [0.5, 0.6) is 11.5 Å². The molecule has 4 nitrogen and oxygen atoms in total. The van der Waals surface area contributed by atoms with E-state index in [9.17, 15) is 0 Å². The summed E-state index contributed by atoms with van der Waals surface area (Å²) in [6.45, 7) is 7.13. The van der Waals surface area contributed by atoms with Crippen LogP contribution in [0.15, 0.2) is 41.6 Å². The van der Waals surface area contributed by atoms with E-state index in [1.807, 2.05) is 30.3 Å². The molecule has 4 heteroatoms. The topological polar surface area (TPSA) is 51.0 Å². The highest BCUT2D eigenvalue weighted by Gasteiger charge is 2.04. The van der Waals surface area contributed by atoms with Gasteiger partial charge in [-0.05, 0) is 61.2 Å². The van der Waals surface area contributed by atoms with Gasteiger partial charge in [0.2, 0.25) is 0 Å². The second kappa shape index (κ2) is 7.50. The van der Waals surface area contributed by atoms with Crippen LogP contribution in [-0.2, 0) is 0 Å². The zero-order chi connectivity index (χ0) is 15.9. The van der Waals surface area contributed by atoms with Crippen LogP contribution >= 0.6 is 0 Å². The molecule has 0 aromatic heterocycles. The van der Waals surface area contributed by atoms with Crippen molar-refractivity contribution in [2.24, 2.45) is 5.16 Å². The maximum absolute atomic E-state index is 8.53. The lowest BCUT2D eigenvalue weighted by molar-refractivity contribution is 0.216. The highest BCUT2D eigenvalue weighted by molar-refractivity contribution is 5.79. The standard InChI is InChI=1S/C18H21NO3/c1-13-9-14(2)15(3)18(10-13)22-8-7-21-17-6-4-5-16(11-17)12-19-20/h4-6,9-12,20H,7-8H2,1-3H3. The van der Waals surface area contributed by atoms with Gasteiger partial charge in [0.15, 0.2) is 0 Å². The number of benzene rings is 2. The molecule has 2 aromatic rings. The molecule has 0 atom stereocenters. The number of ether oxygens (including phenoxy) is 2. The minimum Gasteiger partial charge on any atom is -0.490 e. The van der Waals surface area contributed by atoms with Crippen molar-refractivity contribution in [2.75, 3.05) is 13.2 Å². The first-order chi connectivity index (χ1) is 10.6. The third kappa shape index (κ3) is 4.25. The van der Waals surface area contributed by atoms with Gasteiger partial charge in [0.05, 0.1) is 6.21 Å². The Balaban J connectivity index is 1.88. The lowest BCUT2D eigenvalue weighted by Crippen LogP contribution is -2.10. The molecule has 0 spiro atoms. The Kier molecular flexibility index (Phi) is 5.42. The highest BCUT2D eigenvalue weighted by Crippen LogP contribution is 2.23. The van der Waals surface area contributed by atoms with E-state index in [1.165, 1.54) is 17.3 Å². The summed E-state index contributed by atoms with van der Waals surface area (Å²) in [7, 11) is 0. The molecule has 116 valence electrons. The lowest BCUT2D eigenvalue weighted by atomic mass is 10.1. The lowest BCUT2D eigenvalue weighted by Gasteiger charge is -2.13. The van der Waals surface area contributed by atoms with Gasteiger partial charge in [-0.1, -0.05) is 23.4 Å². The molecule has 0 unspecified atom stereocenters. The SMILES string of the molecule is Cc1cc(C)c(C)c(OCCOc2cccc(C=NO)c2)c1. The van der Waals surface area contributed by atoms with E-state index in [0.29, 0.717) is 13.2 Å². The molecule has 2 rings (SSSR count). The predicted octanol–water partition coefficient (Wildman–Crippen LogP) is 3.88. The van der Waals surface area contributed by atoms with Gasteiger partial charge in [0, 0.05) is 0 Å². The van der Waals surface area contributed by atoms with Crippen LogP contribution in [-0.4, -0.2) is 24.6 Å². The van der Waals surface area contributed by atoms with Gasteiger partial charge in [-0.15, -0.1) is 0 Å². The van der Waals surface area contributed by atoms with E-state index < -0.39 is 0 Å². The van der Waals surface area contributed by atoms with Crippen LogP contribution in [0.25, 0.3) is 0 Å². The molecular formula is C18H21NO3. The highest BCUT2D eigenvalue weighted by atomic mass is 16.5. The van der Waals surface area contributed by atoms with Gasteiger partial charge in [0.25, 0.3) is 0 Å². The van der Waals surface area contributed by atoms with Gasteiger partial charge in [-0.3, -0.25) is 0 Å². The van der Waals surface area contributed by atoms with Crippen molar-refractivity contribution in [2.45, 2.75) is 20.8 Å². The fourth-order valence-electron chi connectivity index (χ4n) is 2.21. The molecule has 0 aliphatic heterocycles. The van der Waals surface area contributed by atoms with Crippen molar-refractivity contribution in [1.82, 2.24) is 0 Å². The Morgan fingerprint density at radius 1 is 1.05 bits per heavy atom.